The Bertz CT molecular complexity index is 332. The highest BCUT2D eigenvalue weighted by atomic mass is 19.1. The second-order valence-corrected chi connectivity index (χ2v) is 3.18. The predicted octanol–water partition coefficient (Wildman–Crippen LogP) is 2.37. The molecule has 0 aromatic heterocycles. The van der Waals surface area contributed by atoms with E-state index in [0.717, 1.165) is 12.1 Å². The molecular weight excluding hydrogens is 171 g/mol. The molecule has 13 heavy (non-hydrogen) atoms. The zero-order chi connectivity index (χ0) is 10.0. The van der Waals surface area contributed by atoms with E-state index in [1.807, 2.05) is 0 Å². The molecule has 0 unspecified atom stereocenters. The van der Waals surface area contributed by atoms with Crippen molar-refractivity contribution in [2.24, 2.45) is 5.92 Å². The van der Waals surface area contributed by atoms with Gasteiger partial charge in [0.1, 0.15) is 11.6 Å². The van der Waals surface area contributed by atoms with Crippen LogP contribution in [0.1, 0.15) is 24.2 Å². The summed E-state index contributed by atoms with van der Waals surface area (Å²) in [7, 11) is 0. The van der Waals surface area contributed by atoms with E-state index in [1.165, 1.54) is 6.07 Å². The highest BCUT2D eigenvalue weighted by Crippen LogP contribution is 2.20. The number of carbonyl (C=O) groups is 1. The minimum atomic E-state index is -0.512. The Morgan fingerprint density at radius 3 is 2.62 bits per heavy atom. The highest BCUT2D eigenvalue weighted by Gasteiger charge is 2.15. The number of Topliss-reactive ketones (excluding diaryl/α,β-unsaturated/α-hetero) is 1. The molecule has 0 fully saturated rings. The molecule has 1 rings (SSSR count). The van der Waals surface area contributed by atoms with Crippen LogP contribution in [-0.2, 0) is 0 Å². The summed E-state index contributed by atoms with van der Waals surface area (Å²) in [5.74, 6) is -1.17. The third-order valence-electron chi connectivity index (χ3n) is 1.75. The maximum Gasteiger partial charge on any atom is 0.169 e. The second-order valence-electron chi connectivity index (χ2n) is 3.18. The fourth-order valence-electron chi connectivity index (χ4n) is 1.02. The summed E-state index contributed by atoms with van der Waals surface area (Å²) in [5.41, 5.74) is 0.0509. The average molecular weight is 182 g/mol. The summed E-state index contributed by atoms with van der Waals surface area (Å²) in [6.07, 6.45) is 0. The van der Waals surface area contributed by atoms with Crippen LogP contribution in [0.15, 0.2) is 18.2 Å². The van der Waals surface area contributed by atoms with Gasteiger partial charge in [-0.15, -0.1) is 0 Å². The number of ketones is 1. The van der Waals surface area contributed by atoms with Gasteiger partial charge in [-0.2, -0.15) is 0 Å². The summed E-state index contributed by atoms with van der Waals surface area (Å²) >= 11 is 0. The van der Waals surface area contributed by atoms with Crippen LogP contribution in [0, 0.1) is 11.7 Å². The monoisotopic (exact) mass is 182 g/mol. The van der Waals surface area contributed by atoms with Gasteiger partial charge in [-0.05, 0) is 18.2 Å². The smallest absolute Gasteiger partial charge is 0.169 e. The summed E-state index contributed by atoms with van der Waals surface area (Å²) in [6.45, 7) is 3.40. The van der Waals surface area contributed by atoms with E-state index in [9.17, 15) is 14.3 Å². The van der Waals surface area contributed by atoms with Crippen molar-refractivity contribution >= 4 is 5.78 Å². The number of carbonyl (C=O) groups excluding carboxylic acids is 1. The zero-order valence-corrected chi connectivity index (χ0v) is 7.54. The summed E-state index contributed by atoms with van der Waals surface area (Å²) in [4.78, 5) is 11.4. The lowest BCUT2D eigenvalue weighted by Gasteiger charge is -2.05. The van der Waals surface area contributed by atoms with Gasteiger partial charge in [-0.1, -0.05) is 13.8 Å². The SMILES string of the molecule is CC(C)C(=O)c1cc(F)ccc1O. The third kappa shape index (κ3) is 2.05. The fourth-order valence-corrected chi connectivity index (χ4v) is 1.02. The topological polar surface area (TPSA) is 37.3 Å². The number of rotatable bonds is 2. The molecule has 0 bridgehead atoms. The average Bonchev–Trinajstić information content (AvgIpc) is 2.08. The van der Waals surface area contributed by atoms with Crippen molar-refractivity contribution in [2.75, 3.05) is 0 Å². The molecule has 70 valence electrons. The van der Waals surface area contributed by atoms with Crippen LogP contribution in [0.25, 0.3) is 0 Å². The minimum absolute atomic E-state index is 0.0509. The maximum absolute atomic E-state index is 12.7. The molecule has 2 nitrogen and oxygen atoms in total. The first-order valence-electron chi connectivity index (χ1n) is 4.05. The Hall–Kier alpha value is -1.38. The highest BCUT2D eigenvalue weighted by molar-refractivity contribution is 5.99. The standard InChI is InChI=1S/C10H11FO2/c1-6(2)10(13)8-5-7(11)3-4-9(8)12/h3-6,12H,1-2H3. The maximum atomic E-state index is 12.7. The molecule has 0 spiro atoms. The van der Waals surface area contributed by atoms with Crippen LogP contribution in [0.3, 0.4) is 0 Å². The molecule has 0 radical (unpaired) electrons. The molecule has 0 saturated heterocycles. The quantitative estimate of drug-likeness (QED) is 0.713. The second kappa shape index (κ2) is 3.56. The number of halogens is 1. The van der Waals surface area contributed by atoms with Crippen LogP contribution >= 0.6 is 0 Å². The first-order valence-corrected chi connectivity index (χ1v) is 4.05. The molecule has 0 atom stereocenters. The first kappa shape index (κ1) is 9.71. The Labute approximate surface area is 76.0 Å². The number of aromatic hydroxyl groups is 1. The molecule has 1 N–H and O–H groups in total. The first-order chi connectivity index (χ1) is 6.02. The van der Waals surface area contributed by atoms with E-state index in [1.54, 1.807) is 13.8 Å². The van der Waals surface area contributed by atoms with Gasteiger partial charge in [-0.25, -0.2) is 4.39 Å². The lowest BCUT2D eigenvalue weighted by Crippen LogP contribution is -2.07. The summed E-state index contributed by atoms with van der Waals surface area (Å²) in [5, 5.41) is 9.27. The van der Waals surface area contributed by atoms with Gasteiger partial charge >= 0.3 is 0 Å². The van der Waals surface area contributed by atoms with E-state index in [-0.39, 0.29) is 23.0 Å². The predicted molar refractivity (Wildman–Crippen MR) is 47.2 cm³/mol. The largest absolute Gasteiger partial charge is 0.507 e. The van der Waals surface area contributed by atoms with Crippen LogP contribution < -0.4 is 0 Å². The van der Waals surface area contributed by atoms with Gasteiger partial charge in [0.2, 0.25) is 0 Å². The lowest BCUT2D eigenvalue weighted by molar-refractivity contribution is 0.0936. The lowest BCUT2D eigenvalue weighted by atomic mass is 10.0. The summed E-state index contributed by atoms with van der Waals surface area (Å²) < 4.78 is 12.7. The van der Waals surface area contributed by atoms with Crippen molar-refractivity contribution in [2.45, 2.75) is 13.8 Å². The van der Waals surface area contributed by atoms with Gasteiger partial charge in [0, 0.05) is 5.92 Å². The number of benzene rings is 1. The third-order valence-corrected chi connectivity index (χ3v) is 1.75. The van der Waals surface area contributed by atoms with Crippen LogP contribution in [0.5, 0.6) is 5.75 Å². The van der Waals surface area contributed by atoms with E-state index in [4.69, 9.17) is 0 Å². The minimum Gasteiger partial charge on any atom is -0.507 e. The molecule has 3 heteroatoms. The molecule has 1 aromatic rings. The van der Waals surface area contributed by atoms with Gasteiger partial charge in [0.15, 0.2) is 5.78 Å². The van der Waals surface area contributed by atoms with Crippen molar-refractivity contribution in [3.05, 3.63) is 29.6 Å². The Morgan fingerprint density at radius 1 is 1.46 bits per heavy atom. The van der Waals surface area contributed by atoms with Crippen molar-refractivity contribution in [1.29, 1.82) is 0 Å². The number of phenolic OH excluding ortho intramolecular Hbond substituents is 1. The van der Waals surface area contributed by atoms with Gasteiger partial charge in [0.05, 0.1) is 5.56 Å². The van der Waals surface area contributed by atoms with Crippen molar-refractivity contribution in [3.8, 4) is 5.75 Å². The number of hydrogen-bond donors (Lipinski definition) is 1. The van der Waals surface area contributed by atoms with E-state index >= 15 is 0 Å². The summed E-state index contributed by atoms with van der Waals surface area (Å²) in [6, 6.07) is 3.36. The molecule has 0 aliphatic rings. The number of phenols is 1. The molecular formula is C10H11FO2. The molecule has 0 saturated carbocycles. The van der Waals surface area contributed by atoms with Crippen LogP contribution in [0.2, 0.25) is 0 Å². The van der Waals surface area contributed by atoms with Gasteiger partial charge < -0.3 is 5.11 Å². The van der Waals surface area contributed by atoms with E-state index in [2.05, 4.69) is 0 Å². The zero-order valence-electron chi connectivity index (χ0n) is 7.54. The Kier molecular flexibility index (Phi) is 2.66. The van der Waals surface area contributed by atoms with Crippen molar-refractivity contribution in [3.63, 3.8) is 0 Å². The van der Waals surface area contributed by atoms with E-state index < -0.39 is 5.82 Å². The molecule has 0 aliphatic heterocycles. The molecule has 0 aliphatic carbocycles. The molecule has 1 aromatic carbocycles. The normalized spacial score (nSPS) is 10.5. The van der Waals surface area contributed by atoms with Crippen LogP contribution in [-0.4, -0.2) is 10.9 Å². The Morgan fingerprint density at radius 2 is 2.08 bits per heavy atom. The van der Waals surface area contributed by atoms with Crippen LogP contribution in [0.4, 0.5) is 4.39 Å². The van der Waals surface area contributed by atoms with Gasteiger partial charge in [-0.3, -0.25) is 4.79 Å². The fraction of sp³-hybridized carbons (Fsp3) is 0.300. The molecule has 0 heterocycles. The number of hydrogen-bond acceptors (Lipinski definition) is 2. The Balaban J connectivity index is 3.13. The van der Waals surface area contributed by atoms with Crippen molar-refractivity contribution < 1.29 is 14.3 Å². The van der Waals surface area contributed by atoms with Crippen molar-refractivity contribution in [1.82, 2.24) is 0 Å². The van der Waals surface area contributed by atoms with Gasteiger partial charge in [0.25, 0.3) is 0 Å². The van der Waals surface area contributed by atoms with E-state index in [0.29, 0.717) is 0 Å². The molecule has 0 amide bonds.